The second kappa shape index (κ2) is 11.2. The van der Waals surface area contributed by atoms with Crippen molar-refractivity contribution in [2.75, 3.05) is 18.9 Å². The van der Waals surface area contributed by atoms with E-state index in [9.17, 15) is 4.79 Å². The summed E-state index contributed by atoms with van der Waals surface area (Å²) < 4.78 is 0. The molecule has 1 aromatic rings. The van der Waals surface area contributed by atoms with Gasteiger partial charge in [-0.2, -0.15) is 0 Å². The molecular formula is C15H26IN5O. The molecule has 7 heteroatoms. The predicted octanol–water partition coefficient (Wildman–Crippen LogP) is 2.30. The van der Waals surface area contributed by atoms with Crippen LogP contribution in [0.4, 0.5) is 5.82 Å². The lowest BCUT2D eigenvalue weighted by molar-refractivity contribution is -0.116. The summed E-state index contributed by atoms with van der Waals surface area (Å²) in [6.07, 6.45) is 1.37. The fourth-order valence-corrected chi connectivity index (χ4v) is 1.64. The van der Waals surface area contributed by atoms with Gasteiger partial charge in [0.05, 0.1) is 0 Å². The predicted molar refractivity (Wildman–Crippen MR) is 102 cm³/mol. The van der Waals surface area contributed by atoms with Crippen LogP contribution in [0.25, 0.3) is 0 Å². The molecule has 0 aliphatic heterocycles. The molecule has 0 saturated carbocycles. The molecule has 0 aliphatic rings. The Kier molecular flexibility index (Phi) is 10.5. The zero-order valence-electron chi connectivity index (χ0n) is 13.6. The van der Waals surface area contributed by atoms with Crippen molar-refractivity contribution in [1.29, 1.82) is 0 Å². The summed E-state index contributed by atoms with van der Waals surface area (Å²) in [5.41, 5.74) is 0.879. The van der Waals surface area contributed by atoms with Crippen molar-refractivity contribution in [3.8, 4) is 0 Å². The van der Waals surface area contributed by atoms with Gasteiger partial charge in [0.1, 0.15) is 5.82 Å². The van der Waals surface area contributed by atoms with Gasteiger partial charge in [-0.1, -0.05) is 13.0 Å². The van der Waals surface area contributed by atoms with E-state index in [1.165, 1.54) is 0 Å². The minimum absolute atomic E-state index is 0. The molecule has 1 unspecified atom stereocenters. The van der Waals surface area contributed by atoms with Gasteiger partial charge in [0.2, 0.25) is 5.91 Å². The van der Waals surface area contributed by atoms with Crippen LogP contribution in [-0.2, 0) is 4.79 Å². The van der Waals surface area contributed by atoms with Crippen molar-refractivity contribution in [3.05, 3.63) is 23.9 Å². The molecule has 0 saturated heterocycles. The van der Waals surface area contributed by atoms with E-state index >= 15 is 0 Å². The summed E-state index contributed by atoms with van der Waals surface area (Å²) in [5.74, 6) is 1.23. The Hall–Kier alpha value is -1.38. The summed E-state index contributed by atoms with van der Waals surface area (Å²) in [5, 5.41) is 9.14. The number of amides is 1. The number of pyridine rings is 1. The van der Waals surface area contributed by atoms with E-state index in [4.69, 9.17) is 0 Å². The average Bonchev–Trinajstić information content (AvgIpc) is 2.45. The number of guanidine groups is 1. The van der Waals surface area contributed by atoms with Gasteiger partial charge in [0, 0.05) is 31.7 Å². The number of carbonyl (C=O) groups is 1. The molecular weight excluding hydrogens is 393 g/mol. The topological polar surface area (TPSA) is 78.4 Å². The monoisotopic (exact) mass is 419 g/mol. The Labute approximate surface area is 149 Å². The first-order chi connectivity index (χ1) is 10.0. The number of halogens is 1. The third-order valence-corrected chi connectivity index (χ3v) is 3.02. The zero-order valence-corrected chi connectivity index (χ0v) is 16.0. The van der Waals surface area contributed by atoms with E-state index < -0.39 is 0 Å². The first-order valence-corrected chi connectivity index (χ1v) is 7.25. The van der Waals surface area contributed by atoms with Crippen LogP contribution in [0.15, 0.2) is 23.2 Å². The molecule has 0 spiro atoms. The maximum absolute atomic E-state index is 11.8. The number of carbonyl (C=O) groups excluding carboxylic acids is 1. The highest BCUT2D eigenvalue weighted by atomic mass is 127. The molecule has 124 valence electrons. The number of nitrogens with one attached hydrogen (secondary N) is 3. The average molecular weight is 419 g/mol. The van der Waals surface area contributed by atoms with Crippen LogP contribution >= 0.6 is 24.0 Å². The number of aryl methyl sites for hydroxylation is 1. The molecule has 1 amide bonds. The van der Waals surface area contributed by atoms with E-state index in [0.717, 1.165) is 12.1 Å². The van der Waals surface area contributed by atoms with Gasteiger partial charge in [-0.15, -0.1) is 24.0 Å². The highest BCUT2D eigenvalue weighted by Gasteiger charge is 2.05. The fourth-order valence-electron chi connectivity index (χ4n) is 1.64. The Morgan fingerprint density at radius 3 is 2.73 bits per heavy atom. The maximum Gasteiger partial charge on any atom is 0.227 e. The van der Waals surface area contributed by atoms with Gasteiger partial charge < -0.3 is 16.0 Å². The van der Waals surface area contributed by atoms with Crippen LogP contribution < -0.4 is 16.0 Å². The second-order valence-electron chi connectivity index (χ2n) is 4.92. The van der Waals surface area contributed by atoms with Crippen LogP contribution in [0.1, 0.15) is 32.4 Å². The molecule has 3 N–H and O–H groups in total. The molecule has 0 fully saturated rings. The minimum Gasteiger partial charge on any atom is -0.356 e. The number of hydrogen-bond acceptors (Lipinski definition) is 3. The zero-order chi connectivity index (χ0) is 15.7. The van der Waals surface area contributed by atoms with Gasteiger partial charge in [0.15, 0.2) is 5.96 Å². The summed E-state index contributed by atoms with van der Waals surface area (Å²) >= 11 is 0. The maximum atomic E-state index is 11.8. The lowest BCUT2D eigenvalue weighted by Gasteiger charge is -2.16. The van der Waals surface area contributed by atoms with Crippen molar-refractivity contribution in [3.63, 3.8) is 0 Å². The molecule has 1 heterocycles. The largest absolute Gasteiger partial charge is 0.356 e. The van der Waals surface area contributed by atoms with Crippen molar-refractivity contribution >= 4 is 41.7 Å². The normalized spacial score (nSPS) is 12.1. The van der Waals surface area contributed by atoms with E-state index in [-0.39, 0.29) is 29.9 Å². The van der Waals surface area contributed by atoms with Gasteiger partial charge in [-0.3, -0.25) is 9.79 Å². The lowest BCUT2D eigenvalue weighted by Crippen LogP contribution is -2.42. The summed E-state index contributed by atoms with van der Waals surface area (Å²) in [6, 6.07) is 5.89. The Morgan fingerprint density at radius 1 is 1.41 bits per heavy atom. The number of aliphatic imine (C=N–C) groups is 1. The van der Waals surface area contributed by atoms with Crippen LogP contribution in [0.2, 0.25) is 0 Å². The van der Waals surface area contributed by atoms with Crippen molar-refractivity contribution in [2.45, 2.75) is 39.7 Å². The number of nitrogens with zero attached hydrogens (tertiary/aromatic N) is 2. The van der Waals surface area contributed by atoms with Crippen molar-refractivity contribution in [1.82, 2.24) is 15.6 Å². The number of aromatic nitrogens is 1. The van der Waals surface area contributed by atoms with Crippen molar-refractivity contribution in [2.24, 2.45) is 4.99 Å². The highest BCUT2D eigenvalue weighted by molar-refractivity contribution is 14.0. The molecule has 0 aromatic carbocycles. The van der Waals surface area contributed by atoms with Crippen LogP contribution in [-0.4, -0.2) is 36.5 Å². The molecule has 0 bridgehead atoms. The summed E-state index contributed by atoms with van der Waals surface area (Å²) in [4.78, 5) is 20.2. The van der Waals surface area contributed by atoms with Gasteiger partial charge in [-0.05, 0) is 32.4 Å². The number of anilines is 1. The Balaban J connectivity index is 0.00000441. The van der Waals surface area contributed by atoms with Crippen molar-refractivity contribution < 1.29 is 4.79 Å². The van der Waals surface area contributed by atoms with Crippen LogP contribution in [0, 0.1) is 6.92 Å². The van der Waals surface area contributed by atoms with E-state index in [1.807, 2.05) is 19.1 Å². The second-order valence-corrected chi connectivity index (χ2v) is 4.92. The number of hydrogen-bond donors (Lipinski definition) is 3. The van der Waals surface area contributed by atoms with E-state index in [0.29, 0.717) is 30.8 Å². The van der Waals surface area contributed by atoms with Crippen LogP contribution in [0.3, 0.4) is 0 Å². The lowest BCUT2D eigenvalue weighted by atomic mass is 10.3. The Bertz CT molecular complexity index is 493. The molecule has 1 aromatic heterocycles. The first kappa shape index (κ1) is 20.6. The molecule has 1 rings (SSSR count). The standard InChI is InChI=1S/C15H25N5O.HI/c1-5-11(2)19-15(16-4)17-10-9-14(21)20-13-8-6-7-12(3)18-13;/h6-8,11H,5,9-10H2,1-4H3,(H2,16,17,19)(H,18,20,21);1H. The summed E-state index contributed by atoms with van der Waals surface area (Å²) in [6.45, 7) is 6.60. The number of rotatable bonds is 6. The summed E-state index contributed by atoms with van der Waals surface area (Å²) in [7, 11) is 1.72. The third kappa shape index (κ3) is 8.16. The highest BCUT2D eigenvalue weighted by Crippen LogP contribution is 2.03. The molecule has 0 radical (unpaired) electrons. The third-order valence-electron chi connectivity index (χ3n) is 3.02. The van der Waals surface area contributed by atoms with Gasteiger partial charge >= 0.3 is 0 Å². The molecule has 6 nitrogen and oxygen atoms in total. The minimum atomic E-state index is -0.0698. The van der Waals surface area contributed by atoms with Gasteiger partial charge in [0.25, 0.3) is 0 Å². The van der Waals surface area contributed by atoms with Crippen LogP contribution in [0.5, 0.6) is 0 Å². The fraction of sp³-hybridized carbons (Fsp3) is 0.533. The van der Waals surface area contributed by atoms with E-state index in [1.54, 1.807) is 13.1 Å². The SMILES string of the molecule is CCC(C)NC(=NC)NCCC(=O)Nc1cccc(C)n1.I. The molecule has 22 heavy (non-hydrogen) atoms. The Morgan fingerprint density at radius 2 is 2.14 bits per heavy atom. The van der Waals surface area contributed by atoms with Gasteiger partial charge in [-0.25, -0.2) is 4.98 Å². The molecule has 0 aliphatic carbocycles. The quantitative estimate of drug-likeness (QED) is 0.376. The van der Waals surface area contributed by atoms with E-state index in [2.05, 4.69) is 39.8 Å². The first-order valence-electron chi connectivity index (χ1n) is 7.25. The smallest absolute Gasteiger partial charge is 0.227 e. The molecule has 1 atom stereocenters.